The summed E-state index contributed by atoms with van der Waals surface area (Å²) < 4.78 is 12.9. The highest BCUT2D eigenvalue weighted by molar-refractivity contribution is 5.95. The smallest absolute Gasteiger partial charge is 0.225 e. The minimum absolute atomic E-state index is 0.00436. The van der Waals surface area contributed by atoms with Gasteiger partial charge < -0.3 is 10.2 Å². The molecule has 2 aromatic rings. The second-order valence-electron chi connectivity index (χ2n) is 5.80. The molecule has 0 aliphatic rings. The number of rotatable bonds is 7. The summed E-state index contributed by atoms with van der Waals surface area (Å²) in [4.78, 5) is 25.2. The summed E-state index contributed by atoms with van der Waals surface area (Å²) >= 11 is 0. The lowest BCUT2D eigenvalue weighted by atomic mass is 10.1. The predicted octanol–water partition coefficient (Wildman–Crippen LogP) is 3.49. The first-order valence-corrected chi connectivity index (χ1v) is 7.78. The molecule has 0 spiro atoms. The average Bonchev–Trinajstić information content (AvgIpc) is 2.55. The van der Waals surface area contributed by atoms with E-state index >= 15 is 0 Å². The quantitative estimate of drug-likeness (QED) is 0.792. The molecule has 0 saturated heterocycles. The summed E-state index contributed by atoms with van der Waals surface area (Å²) in [5, 5.41) is 2.81. The SMILES string of the molecule is CC(=O)c1ccc(NC(=O)CCN(C)Cc2ccc(F)cc2)cc1. The van der Waals surface area contributed by atoms with Crippen LogP contribution in [-0.2, 0) is 11.3 Å². The van der Waals surface area contributed by atoms with Crippen LogP contribution in [0.1, 0.15) is 29.3 Å². The van der Waals surface area contributed by atoms with Crippen LogP contribution >= 0.6 is 0 Å². The molecule has 5 heteroatoms. The zero-order valence-electron chi connectivity index (χ0n) is 13.9. The number of amides is 1. The standard InChI is InChI=1S/C19H21FN2O2/c1-14(23)16-5-9-18(10-6-16)21-19(24)11-12-22(2)13-15-3-7-17(20)8-4-15/h3-10H,11-13H2,1-2H3,(H,21,24). The zero-order valence-corrected chi connectivity index (χ0v) is 13.9. The van der Waals surface area contributed by atoms with Gasteiger partial charge in [-0.2, -0.15) is 0 Å². The normalized spacial score (nSPS) is 10.7. The van der Waals surface area contributed by atoms with Crippen molar-refractivity contribution in [1.82, 2.24) is 4.90 Å². The van der Waals surface area contributed by atoms with Gasteiger partial charge in [-0.05, 0) is 55.9 Å². The first-order chi connectivity index (χ1) is 11.4. The molecule has 4 nitrogen and oxygen atoms in total. The zero-order chi connectivity index (χ0) is 17.5. The monoisotopic (exact) mass is 328 g/mol. The van der Waals surface area contributed by atoms with Crippen molar-refractivity contribution in [3.05, 3.63) is 65.5 Å². The van der Waals surface area contributed by atoms with Crippen LogP contribution in [0.5, 0.6) is 0 Å². The number of Topliss-reactive ketones (excluding diaryl/α,β-unsaturated/α-hetero) is 1. The predicted molar refractivity (Wildman–Crippen MR) is 92.4 cm³/mol. The number of carbonyl (C=O) groups excluding carboxylic acids is 2. The number of nitrogens with one attached hydrogen (secondary N) is 1. The number of nitrogens with zero attached hydrogens (tertiary/aromatic N) is 1. The van der Waals surface area contributed by atoms with E-state index in [0.29, 0.717) is 30.8 Å². The lowest BCUT2D eigenvalue weighted by Crippen LogP contribution is -2.24. The van der Waals surface area contributed by atoms with Gasteiger partial charge in [-0.3, -0.25) is 9.59 Å². The molecular formula is C19H21FN2O2. The van der Waals surface area contributed by atoms with Crippen molar-refractivity contribution < 1.29 is 14.0 Å². The molecule has 2 rings (SSSR count). The third kappa shape index (κ3) is 5.59. The second kappa shape index (κ2) is 8.36. The number of benzene rings is 2. The Hall–Kier alpha value is -2.53. The third-order valence-electron chi connectivity index (χ3n) is 3.66. The Morgan fingerprint density at radius 2 is 1.67 bits per heavy atom. The fourth-order valence-electron chi connectivity index (χ4n) is 2.28. The van der Waals surface area contributed by atoms with Gasteiger partial charge in [0.05, 0.1) is 0 Å². The van der Waals surface area contributed by atoms with Gasteiger partial charge in [0.2, 0.25) is 5.91 Å². The Balaban J connectivity index is 1.77. The van der Waals surface area contributed by atoms with Crippen molar-refractivity contribution in [1.29, 1.82) is 0 Å². The molecule has 0 aliphatic carbocycles. The van der Waals surface area contributed by atoms with Gasteiger partial charge in [-0.25, -0.2) is 4.39 Å². The van der Waals surface area contributed by atoms with E-state index in [0.717, 1.165) is 5.56 Å². The molecule has 24 heavy (non-hydrogen) atoms. The van der Waals surface area contributed by atoms with E-state index in [2.05, 4.69) is 5.32 Å². The van der Waals surface area contributed by atoms with Crippen LogP contribution in [-0.4, -0.2) is 30.2 Å². The van der Waals surface area contributed by atoms with E-state index in [1.54, 1.807) is 36.4 Å². The van der Waals surface area contributed by atoms with Crippen molar-refractivity contribution in [3.8, 4) is 0 Å². The van der Waals surface area contributed by atoms with Crippen molar-refractivity contribution in [2.45, 2.75) is 19.9 Å². The maximum Gasteiger partial charge on any atom is 0.225 e. The number of anilines is 1. The van der Waals surface area contributed by atoms with Gasteiger partial charge in [0.25, 0.3) is 0 Å². The van der Waals surface area contributed by atoms with Gasteiger partial charge in [-0.15, -0.1) is 0 Å². The molecule has 0 unspecified atom stereocenters. The van der Waals surface area contributed by atoms with Crippen LogP contribution in [0.3, 0.4) is 0 Å². The molecule has 0 saturated carbocycles. The Morgan fingerprint density at radius 1 is 1.04 bits per heavy atom. The van der Waals surface area contributed by atoms with Gasteiger partial charge in [0, 0.05) is 30.8 Å². The second-order valence-corrected chi connectivity index (χ2v) is 5.80. The molecule has 0 atom stereocenters. The highest BCUT2D eigenvalue weighted by atomic mass is 19.1. The van der Waals surface area contributed by atoms with Crippen LogP contribution < -0.4 is 5.32 Å². The molecule has 0 radical (unpaired) electrons. The lowest BCUT2D eigenvalue weighted by molar-refractivity contribution is -0.116. The number of ketones is 1. The summed E-state index contributed by atoms with van der Waals surface area (Å²) in [6.07, 6.45) is 0.353. The number of carbonyl (C=O) groups is 2. The molecule has 2 aromatic carbocycles. The van der Waals surface area contributed by atoms with E-state index in [4.69, 9.17) is 0 Å². The number of hydrogen-bond donors (Lipinski definition) is 1. The van der Waals surface area contributed by atoms with Crippen LogP contribution in [0, 0.1) is 5.82 Å². The highest BCUT2D eigenvalue weighted by Gasteiger charge is 2.07. The minimum Gasteiger partial charge on any atom is -0.326 e. The Morgan fingerprint density at radius 3 is 2.25 bits per heavy atom. The van der Waals surface area contributed by atoms with E-state index in [9.17, 15) is 14.0 Å². The van der Waals surface area contributed by atoms with Crippen LogP contribution in [0.15, 0.2) is 48.5 Å². The molecule has 0 aromatic heterocycles. The minimum atomic E-state index is -0.253. The van der Waals surface area contributed by atoms with Crippen LogP contribution in [0.2, 0.25) is 0 Å². The maximum atomic E-state index is 12.9. The van der Waals surface area contributed by atoms with E-state index in [-0.39, 0.29) is 17.5 Å². The van der Waals surface area contributed by atoms with Crippen LogP contribution in [0.4, 0.5) is 10.1 Å². The van der Waals surface area contributed by atoms with Crippen molar-refractivity contribution >= 4 is 17.4 Å². The van der Waals surface area contributed by atoms with E-state index < -0.39 is 0 Å². The van der Waals surface area contributed by atoms with Gasteiger partial charge in [0.15, 0.2) is 5.78 Å². The van der Waals surface area contributed by atoms with Crippen molar-refractivity contribution in [3.63, 3.8) is 0 Å². The average molecular weight is 328 g/mol. The molecule has 1 N–H and O–H groups in total. The molecule has 0 heterocycles. The number of hydrogen-bond acceptors (Lipinski definition) is 3. The molecule has 0 aliphatic heterocycles. The molecule has 0 fully saturated rings. The number of halogens is 1. The lowest BCUT2D eigenvalue weighted by Gasteiger charge is -2.16. The maximum absolute atomic E-state index is 12.9. The third-order valence-corrected chi connectivity index (χ3v) is 3.66. The summed E-state index contributed by atoms with van der Waals surface area (Å²) in [5.41, 5.74) is 2.29. The Labute approximate surface area is 141 Å². The molecule has 1 amide bonds. The van der Waals surface area contributed by atoms with E-state index in [1.807, 2.05) is 11.9 Å². The highest BCUT2D eigenvalue weighted by Crippen LogP contribution is 2.11. The first-order valence-electron chi connectivity index (χ1n) is 7.78. The van der Waals surface area contributed by atoms with Gasteiger partial charge >= 0.3 is 0 Å². The Bertz CT molecular complexity index is 696. The van der Waals surface area contributed by atoms with Gasteiger partial charge in [0.1, 0.15) is 5.82 Å². The van der Waals surface area contributed by atoms with Gasteiger partial charge in [-0.1, -0.05) is 12.1 Å². The molecular weight excluding hydrogens is 307 g/mol. The Kier molecular flexibility index (Phi) is 6.21. The summed E-state index contributed by atoms with van der Waals surface area (Å²) in [5.74, 6) is -0.344. The molecule has 126 valence electrons. The first kappa shape index (κ1) is 17.8. The topological polar surface area (TPSA) is 49.4 Å². The summed E-state index contributed by atoms with van der Waals surface area (Å²) in [7, 11) is 1.91. The fourth-order valence-corrected chi connectivity index (χ4v) is 2.28. The molecule has 0 bridgehead atoms. The van der Waals surface area contributed by atoms with E-state index in [1.165, 1.54) is 19.1 Å². The largest absolute Gasteiger partial charge is 0.326 e. The fraction of sp³-hybridized carbons (Fsp3) is 0.263. The summed E-state index contributed by atoms with van der Waals surface area (Å²) in [6.45, 7) is 2.75. The van der Waals surface area contributed by atoms with Crippen LogP contribution in [0.25, 0.3) is 0 Å². The van der Waals surface area contributed by atoms with Crippen molar-refractivity contribution in [2.75, 3.05) is 18.9 Å². The summed E-state index contributed by atoms with van der Waals surface area (Å²) in [6, 6.07) is 13.2. The van der Waals surface area contributed by atoms with Crippen molar-refractivity contribution in [2.24, 2.45) is 0 Å².